The normalized spacial score (nSPS) is 10.7. The Labute approximate surface area is 117 Å². The Morgan fingerprint density at radius 1 is 1.44 bits per heavy atom. The lowest BCUT2D eigenvalue weighted by molar-refractivity contribution is 0.0689. The van der Waals surface area contributed by atoms with E-state index in [0.717, 1.165) is 10.0 Å². The van der Waals surface area contributed by atoms with Gasteiger partial charge >= 0.3 is 5.97 Å². The van der Waals surface area contributed by atoms with Crippen molar-refractivity contribution in [3.05, 3.63) is 38.6 Å². The number of aromatic carboxylic acids is 1. The number of aryl methyl sites for hydroxylation is 1. The van der Waals surface area contributed by atoms with Gasteiger partial charge in [-0.2, -0.15) is 0 Å². The fraction of sp³-hybridized carbons (Fsp3) is 0.182. The highest BCUT2D eigenvalue weighted by molar-refractivity contribution is 9.10. The third kappa shape index (κ3) is 2.13. The van der Waals surface area contributed by atoms with Crippen molar-refractivity contribution in [2.75, 3.05) is 0 Å². The smallest absolute Gasteiger partial charge is 0.358 e. The molecule has 0 saturated heterocycles. The van der Waals surface area contributed by atoms with Crippen LogP contribution in [0.4, 0.5) is 0 Å². The minimum Gasteiger partial charge on any atom is -0.476 e. The highest BCUT2D eigenvalue weighted by atomic mass is 79.9. The molecule has 0 spiro atoms. The average Bonchev–Trinajstić information content (AvgIpc) is 2.66. The summed E-state index contributed by atoms with van der Waals surface area (Å²) in [7, 11) is 0. The summed E-state index contributed by atoms with van der Waals surface area (Å²) >= 11 is 9.46. The molecular formula is C11H9BrClN3O2. The molecule has 0 radical (unpaired) electrons. The van der Waals surface area contributed by atoms with E-state index >= 15 is 0 Å². The van der Waals surface area contributed by atoms with Crippen LogP contribution in [0, 0.1) is 13.8 Å². The van der Waals surface area contributed by atoms with Gasteiger partial charge in [0.2, 0.25) is 0 Å². The molecule has 1 heterocycles. The third-order valence-corrected chi connectivity index (χ3v) is 3.60. The van der Waals surface area contributed by atoms with Crippen molar-refractivity contribution in [2.24, 2.45) is 0 Å². The van der Waals surface area contributed by atoms with E-state index in [1.165, 1.54) is 4.68 Å². The number of carbonyl (C=O) groups is 1. The number of hydrogen-bond acceptors (Lipinski definition) is 3. The van der Waals surface area contributed by atoms with Crippen molar-refractivity contribution in [3.8, 4) is 5.69 Å². The highest BCUT2D eigenvalue weighted by Crippen LogP contribution is 2.28. The Kier molecular flexibility index (Phi) is 3.41. The van der Waals surface area contributed by atoms with Gasteiger partial charge in [-0.3, -0.25) is 0 Å². The van der Waals surface area contributed by atoms with Crippen LogP contribution in [0.3, 0.4) is 0 Å². The molecule has 1 aromatic carbocycles. The van der Waals surface area contributed by atoms with Crippen LogP contribution in [-0.2, 0) is 0 Å². The van der Waals surface area contributed by atoms with Crippen molar-refractivity contribution in [1.29, 1.82) is 0 Å². The summed E-state index contributed by atoms with van der Waals surface area (Å²) in [6.07, 6.45) is 0. The molecule has 94 valence electrons. The Morgan fingerprint density at radius 3 is 2.67 bits per heavy atom. The van der Waals surface area contributed by atoms with Gasteiger partial charge < -0.3 is 5.11 Å². The lowest BCUT2D eigenvalue weighted by Gasteiger charge is -2.08. The van der Waals surface area contributed by atoms with E-state index in [1.807, 2.05) is 13.0 Å². The molecule has 0 aliphatic carbocycles. The fourth-order valence-electron chi connectivity index (χ4n) is 1.55. The summed E-state index contributed by atoms with van der Waals surface area (Å²) in [5.74, 6) is -1.10. The summed E-state index contributed by atoms with van der Waals surface area (Å²) in [4.78, 5) is 10.9. The van der Waals surface area contributed by atoms with Crippen molar-refractivity contribution < 1.29 is 9.90 Å². The largest absolute Gasteiger partial charge is 0.476 e. The number of carboxylic acids is 1. The van der Waals surface area contributed by atoms with E-state index in [-0.39, 0.29) is 5.69 Å². The van der Waals surface area contributed by atoms with Gasteiger partial charge in [-0.15, -0.1) is 5.10 Å². The van der Waals surface area contributed by atoms with E-state index < -0.39 is 5.97 Å². The zero-order valence-corrected chi connectivity index (χ0v) is 11.9. The number of rotatable bonds is 2. The minimum absolute atomic E-state index is 0.0707. The predicted molar refractivity (Wildman–Crippen MR) is 70.5 cm³/mol. The molecule has 0 atom stereocenters. The molecule has 7 heteroatoms. The maximum Gasteiger partial charge on any atom is 0.358 e. The van der Waals surface area contributed by atoms with Gasteiger partial charge in [0.15, 0.2) is 5.69 Å². The molecule has 1 aromatic heterocycles. The van der Waals surface area contributed by atoms with Crippen molar-refractivity contribution in [1.82, 2.24) is 15.0 Å². The number of halogens is 2. The predicted octanol–water partition coefficient (Wildman–Crippen LogP) is 3.00. The van der Waals surface area contributed by atoms with Gasteiger partial charge in [0.05, 0.1) is 11.4 Å². The molecule has 0 bridgehead atoms. The van der Waals surface area contributed by atoms with E-state index in [0.29, 0.717) is 16.4 Å². The molecule has 0 saturated carbocycles. The fourth-order valence-corrected chi connectivity index (χ4v) is 2.34. The number of carboxylic acid groups (broad SMARTS) is 1. The van der Waals surface area contributed by atoms with Crippen LogP contribution in [-0.4, -0.2) is 26.1 Å². The monoisotopic (exact) mass is 329 g/mol. The van der Waals surface area contributed by atoms with Gasteiger partial charge in [0.25, 0.3) is 0 Å². The molecule has 18 heavy (non-hydrogen) atoms. The quantitative estimate of drug-likeness (QED) is 0.919. The first-order chi connectivity index (χ1) is 8.41. The van der Waals surface area contributed by atoms with E-state index in [2.05, 4.69) is 26.2 Å². The van der Waals surface area contributed by atoms with Crippen molar-refractivity contribution in [2.45, 2.75) is 13.8 Å². The molecule has 0 fully saturated rings. The number of benzene rings is 1. The zero-order chi connectivity index (χ0) is 13.4. The second kappa shape index (κ2) is 4.70. The van der Waals surface area contributed by atoms with Gasteiger partial charge in [-0.1, -0.05) is 16.8 Å². The lowest BCUT2D eigenvalue weighted by atomic mass is 10.2. The first-order valence-electron chi connectivity index (χ1n) is 5.03. The van der Waals surface area contributed by atoms with E-state index in [9.17, 15) is 4.79 Å². The molecule has 1 N–H and O–H groups in total. The Morgan fingerprint density at radius 2 is 2.11 bits per heavy atom. The van der Waals surface area contributed by atoms with Crippen LogP contribution < -0.4 is 0 Å². The minimum atomic E-state index is -1.10. The Bertz CT molecular complexity index is 639. The van der Waals surface area contributed by atoms with Crippen LogP contribution in [0.1, 0.15) is 21.7 Å². The topological polar surface area (TPSA) is 68.0 Å². The zero-order valence-electron chi connectivity index (χ0n) is 9.61. The number of aromatic nitrogens is 3. The van der Waals surface area contributed by atoms with Crippen LogP contribution in [0.15, 0.2) is 16.6 Å². The third-order valence-electron chi connectivity index (χ3n) is 2.55. The molecule has 2 aromatic rings. The van der Waals surface area contributed by atoms with Crippen molar-refractivity contribution in [3.63, 3.8) is 0 Å². The molecule has 2 rings (SSSR count). The summed E-state index contributed by atoms with van der Waals surface area (Å²) < 4.78 is 2.22. The second-order valence-corrected chi connectivity index (χ2v) is 5.05. The van der Waals surface area contributed by atoms with Gasteiger partial charge in [-0.25, -0.2) is 9.48 Å². The van der Waals surface area contributed by atoms with Gasteiger partial charge in [0, 0.05) is 9.50 Å². The Balaban J connectivity index is 2.63. The number of hydrogen-bond donors (Lipinski definition) is 1. The second-order valence-electron chi connectivity index (χ2n) is 3.79. The highest BCUT2D eigenvalue weighted by Gasteiger charge is 2.18. The summed E-state index contributed by atoms with van der Waals surface area (Å²) in [6, 6.07) is 3.56. The maximum atomic E-state index is 10.9. The van der Waals surface area contributed by atoms with Gasteiger partial charge in [-0.05, 0) is 47.5 Å². The first-order valence-corrected chi connectivity index (χ1v) is 6.20. The molecule has 0 unspecified atom stereocenters. The molecule has 0 aliphatic heterocycles. The SMILES string of the molecule is Cc1cc(Br)c(-n2nnc(C(=O)O)c2C)cc1Cl. The summed E-state index contributed by atoms with van der Waals surface area (Å²) in [6.45, 7) is 3.53. The molecule has 5 nitrogen and oxygen atoms in total. The number of nitrogens with zero attached hydrogens (tertiary/aromatic N) is 3. The summed E-state index contributed by atoms with van der Waals surface area (Å²) in [5, 5.41) is 17.0. The molecule has 0 amide bonds. The lowest BCUT2D eigenvalue weighted by Crippen LogP contribution is -2.03. The van der Waals surface area contributed by atoms with Crippen LogP contribution in [0.25, 0.3) is 5.69 Å². The molecular weight excluding hydrogens is 321 g/mol. The van der Waals surface area contributed by atoms with Crippen LogP contribution >= 0.6 is 27.5 Å². The average molecular weight is 331 g/mol. The van der Waals surface area contributed by atoms with Crippen LogP contribution in [0.5, 0.6) is 0 Å². The van der Waals surface area contributed by atoms with Crippen molar-refractivity contribution >= 4 is 33.5 Å². The Hall–Kier alpha value is -1.40. The van der Waals surface area contributed by atoms with E-state index in [1.54, 1.807) is 13.0 Å². The maximum absolute atomic E-state index is 10.9. The molecule has 0 aliphatic rings. The van der Waals surface area contributed by atoms with E-state index in [4.69, 9.17) is 16.7 Å². The standard InChI is InChI=1S/C11H9BrClN3O2/c1-5-3-7(12)9(4-8(5)13)16-6(2)10(11(17)18)14-15-16/h3-4H,1-2H3,(H,17,18). The van der Waals surface area contributed by atoms with Crippen LogP contribution in [0.2, 0.25) is 5.02 Å². The first kappa shape index (κ1) is 13.0. The van der Waals surface area contributed by atoms with Gasteiger partial charge in [0.1, 0.15) is 0 Å². The summed E-state index contributed by atoms with van der Waals surface area (Å²) in [5.41, 5.74) is 1.95.